The Kier molecular flexibility index (Phi) is 4.85. The molecule has 1 heterocycles. The molecule has 0 saturated heterocycles. The molecule has 0 bridgehead atoms. The first-order chi connectivity index (χ1) is 12.1. The molecule has 1 aromatic heterocycles. The van der Waals surface area contributed by atoms with Crippen LogP contribution in [0.2, 0.25) is 0 Å². The number of rotatable bonds is 7. The summed E-state index contributed by atoms with van der Waals surface area (Å²) < 4.78 is 11.1. The molecule has 2 aromatic carbocycles. The van der Waals surface area contributed by atoms with Crippen molar-refractivity contribution in [3.8, 4) is 11.5 Å². The molecule has 7 heteroatoms. The van der Waals surface area contributed by atoms with Crippen molar-refractivity contribution >= 4 is 16.6 Å². The minimum Gasteiger partial charge on any atom is -0.490 e. The Morgan fingerprint density at radius 2 is 1.80 bits per heavy atom. The summed E-state index contributed by atoms with van der Waals surface area (Å²) in [5, 5.41) is 22.1. The highest BCUT2D eigenvalue weighted by atomic mass is 16.6. The summed E-state index contributed by atoms with van der Waals surface area (Å²) in [6, 6.07) is 12.3. The maximum Gasteiger partial charge on any atom is 0.313 e. The van der Waals surface area contributed by atoms with E-state index in [0.29, 0.717) is 11.3 Å². The Hall–Kier alpha value is -3.06. The highest BCUT2D eigenvalue weighted by molar-refractivity contribution is 5.85. The number of hydrogen-bond donors (Lipinski definition) is 2. The molecule has 1 atom stereocenters. The second kappa shape index (κ2) is 7.23. The van der Waals surface area contributed by atoms with E-state index in [1.807, 2.05) is 30.5 Å². The van der Waals surface area contributed by atoms with Crippen LogP contribution in [0.5, 0.6) is 11.5 Å². The van der Waals surface area contributed by atoms with Crippen LogP contribution in [0.1, 0.15) is 5.56 Å². The number of nitrogens with zero attached hydrogens (tertiary/aromatic N) is 1. The second-order valence-corrected chi connectivity index (χ2v) is 5.65. The van der Waals surface area contributed by atoms with Gasteiger partial charge in [-0.15, -0.1) is 0 Å². The van der Waals surface area contributed by atoms with Crippen LogP contribution in [0, 0.1) is 17.0 Å². The number of benzene rings is 2. The summed E-state index contributed by atoms with van der Waals surface area (Å²) >= 11 is 0. The Morgan fingerprint density at radius 3 is 2.56 bits per heavy atom. The summed E-state index contributed by atoms with van der Waals surface area (Å²) in [5.74, 6) is 0.788. The highest BCUT2D eigenvalue weighted by Crippen LogP contribution is 2.30. The molecular formula is C18H18N2O5. The van der Waals surface area contributed by atoms with Gasteiger partial charge in [0.25, 0.3) is 0 Å². The molecule has 0 amide bonds. The summed E-state index contributed by atoms with van der Waals surface area (Å²) in [5.41, 5.74) is 1.36. The van der Waals surface area contributed by atoms with E-state index in [0.717, 1.165) is 10.9 Å². The zero-order valence-electron chi connectivity index (χ0n) is 13.6. The van der Waals surface area contributed by atoms with Crippen molar-refractivity contribution in [1.82, 2.24) is 4.98 Å². The summed E-state index contributed by atoms with van der Waals surface area (Å²) in [6.45, 7) is 1.55. The van der Waals surface area contributed by atoms with Crippen LogP contribution in [0.15, 0.2) is 48.7 Å². The number of nitro groups is 1. The van der Waals surface area contributed by atoms with Gasteiger partial charge in [-0.2, -0.15) is 0 Å². The van der Waals surface area contributed by atoms with Gasteiger partial charge in [-0.3, -0.25) is 10.1 Å². The number of fused-ring (bicyclic) bond motifs is 1. The molecule has 25 heavy (non-hydrogen) atoms. The van der Waals surface area contributed by atoms with Crippen molar-refractivity contribution in [2.75, 3.05) is 13.2 Å². The second-order valence-electron chi connectivity index (χ2n) is 5.65. The van der Waals surface area contributed by atoms with Crippen LogP contribution < -0.4 is 9.47 Å². The zero-order valence-corrected chi connectivity index (χ0v) is 13.6. The Labute approximate surface area is 144 Å². The van der Waals surface area contributed by atoms with E-state index < -0.39 is 11.0 Å². The predicted molar refractivity (Wildman–Crippen MR) is 93.1 cm³/mol. The first-order valence-corrected chi connectivity index (χ1v) is 7.80. The first kappa shape index (κ1) is 16.8. The van der Waals surface area contributed by atoms with E-state index in [1.165, 1.54) is 6.07 Å². The number of H-pyrrole nitrogens is 1. The molecule has 0 fully saturated rings. The van der Waals surface area contributed by atoms with Crippen molar-refractivity contribution in [2.45, 2.75) is 13.0 Å². The number of nitro benzene ring substituents is 1. The van der Waals surface area contributed by atoms with E-state index in [-0.39, 0.29) is 24.7 Å². The molecule has 0 saturated carbocycles. The standard InChI is InChI=1S/C18H18N2O5/c1-12-4-2-7-17(18(12)20(22)23)25-11-13(21)10-24-16-6-3-5-15-14(16)8-9-19-15/h2-9,13,19,21H,10-11H2,1H3. The fourth-order valence-corrected chi connectivity index (χ4v) is 2.58. The SMILES string of the molecule is Cc1cccc(OCC(O)COc2cccc3[nH]ccc23)c1[N+](=O)[O-]. The van der Waals surface area contributed by atoms with Crippen LogP contribution in [0.3, 0.4) is 0 Å². The van der Waals surface area contributed by atoms with Crippen molar-refractivity contribution in [3.05, 3.63) is 64.3 Å². The van der Waals surface area contributed by atoms with E-state index >= 15 is 0 Å². The molecule has 7 nitrogen and oxygen atoms in total. The van der Waals surface area contributed by atoms with Crippen molar-refractivity contribution in [1.29, 1.82) is 0 Å². The molecule has 1 unspecified atom stereocenters. The maximum atomic E-state index is 11.1. The monoisotopic (exact) mass is 342 g/mol. The van der Waals surface area contributed by atoms with Gasteiger partial charge in [-0.25, -0.2) is 0 Å². The fourth-order valence-electron chi connectivity index (χ4n) is 2.58. The number of nitrogens with one attached hydrogen (secondary N) is 1. The number of aromatic amines is 1. The molecule has 0 aliphatic carbocycles. The predicted octanol–water partition coefficient (Wildman–Crippen LogP) is 3.20. The normalized spacial score (nSPS) is 12.1. The van der Waals surface area contributed by atoms with Crippen LogP contribution in [-0.2, 0) is 0 Å². The number of aliphatic hydroxyl groups excluding tert-OH is 1. The van der Waals surface area contributed by atoms with E-state index in [4.69, 9.17) is 9.47 Å². The van der Waals surface area contributed by atoms with Crippen LogP contribution in [-0.4, -0.2) is 34.3 Å². The van der Waals surface area contributed by atoms with Crippen LogP contribution >= 0.6 is 0 Å². The van der Waals surface area contributed by atoms with E-state index in [9.17, 15) is 15.2 Å². The molecule has 130 valence electrons. The lowest BCUT2D eigenvalue weighted by Gasteiger charge is -2.14. The molecule has 3 aromatic rings. The van der Waals surface area contributed by atoms with E-state index in [1.54, 1.807) is 19.1 Å². The summed E-state index contributed by atoms with van der Waals surface area (Å²) in [7, 11) is 0. The lowest BCUT2D eigenvalue weighted by Crippen LogP contribution is -2.25. The third-order valence-electron chi connectivity index (χ3n) is 3.80. The van der Waals surface area contributed by atoms with Crippen molar-refractivity contribution < 1.29 is 19.5 Å². The molecule has 0 spiro atoms. The third-order valence-corrected chi connectivity index (χ3v) is 3.80. The molecular weight excluding hydrogens is 324 g/mol. The fraction of sp³-hybridized carbons (Fsp3) is 0.222. The van der Waals surface area contributed by atoms with Gasteiger partial charge in [0.2, 0.25) is 0 Å². The first-order valence-electron chi connectivity index (χ1n) is 7.80. The zero-order chi connectivity index (χ0) is 17.8. The van der Waals surface area contributed by atoms with Gasteiger partial charge in [0.05, 0.1) is 4.92 Å². The van der Waals surface area contributed by atoms with Gasteiger partial charge in [0.1, 0.15) is 25.1 Å². The van der Waals surface area contributed by atoms with Gasteiger partial charge < -0.3 is 19.6 Å². The maximum absolute atomic E-state index is 11.1. The summed E-state index contributed by atoms with van der Waals surface area (Å²) in [6.07, 6.45) is 0.891. The summed E-state index contributed by atoms with van der Waals surface area (Å²) in [4.78, 5) is 13.7. The lowest BCUT2D eigenvalue weighted by molar-refractivity contribution is -0.386. The van der Waals surface area contributed by atoms with Crippen LogP contribution in [0.25, 0.3) is 10.9 Å². The topological polar surface area (TPSA) is 97.6 Å². The van der Waals surface area contributed by atoms with E-state index in [2.05, 4.69) is 4.98 Å². The minimum absolute atomic E-state index is 0.0178. The average Bonchev–Trinajstić information content (AvgIpc) is 3.07. The average molecular weight is 342 g/mol. The van der Waals surface area contributed by atoms with Gasteiger partial charge in [-0.1, -0.05) is 18.2 Å². The largest absolute Gasteiger partial charge is 0.490 e. The van der Waals surface area contributed by atoms with Gasteiger partial charge in [-0.05, 0) is 31.2 Å². The molecule has 0 radical (unpaired) electrons. The van der Waals surface area contributed by atoms with Crippen molar-refractivity contribution in [3.63, 3.8) is 0 Å². The quantitative estimate of drug-likeness (QED) is 0.507. The minimum atomic E-state index is -0.922. The molecule has 2 N–H and O–H groups in total. The molecule has 0 aliphatic rings. The number of para-hydroxylation sites is 1. The van der Waals surface area contributed by atoms with Gasteiger partial charge >= 0.3 is 5.69 Å². The Morgan fingerprint density at radius 1 is 1.12 bits per heavy atom. The smallest absolute Gasteiger partial charge is 0.313 e. The Balaban J connectivity index is 1.61. The highest BCUT2D eigenvalue weighted by Gasteiger charge is 2.19. The molecule has 3 rings (SSSR count). The van der Waals surface area contributed by atoms with Gasteiger partial charge in [0.15, 0.2) is 5.75 Å². The lowest BCUT2D eigenvalue weighted by atomic mass is 10.2. The van der Waals surface area contributed by atoms with Crippen LogP contribution in [0.4, 0.5) is 5.69 Å². The van der Waals surface area contributed by atoms with Gasteiger partial charge in [0, 0.05) is 22.7 Å². The molecule has 0 aliphatic heterocycles. The number of hydrogen-bond acceptors (Lipinski definition) is 5. The number of aromatic nitrogens is 1. The third kappa shape index (κ3) is 3.72. The van der Waals surface area contributed by atoms with Crippen molar-refractivity contribution in [2.24, 2.45) is 0 Å². The number of aryl methyl sites for hydroxylation is 1. The number of ether oxygens (including phenoxy) is 2. The Bertz CT molecular complexity index is 890. The number of aliphatic hydroxyl groups is 1.